The third-order valence-corrected chi connectivity index (χ3v) is 1.94. The van der Waals surface area contributed by atoms with Crippen LogP contribution in [0.25, 0.3) is 0 Å². The summed E-state index contributed by atoms with van der Waals surface area (Å²) in [6.45, 7) is 1.89. The molecule has 0 aromatic carbocycles. The molecule has 0 bridgehead atoms. The number of nitrogens with two attached hydrogens (primary N) is 2. The number of halogens is 1. The Morgan fingerprint density at radius 3 is 2.58 bits per heavy atom. The van der Waals surface area contributed by atoms with Crippen LogP contribution in [0.3, 0.4) is 0 Å². The van der Waals surface area contributed by atoms with Gasteiger partial charge in [-0.2, -0.15) is 0 Å². The maximum absolute atomic E-state index is 11.1. The lowest BCUT2D eigenvalue weighted by Gasteiger charge is -2.08. The predicted molar refractivity (Wildman–Crippen MR) is 50.0 cm³/mol. The smallest absolute Gasteiger partial charge is 0.237 e. The van der Waals surface area contributed by atoms with E-state index < -0.39 is 0 Å². The second-order valence-corrected chi connectivity index (χ2v) is 3.03. The standard InChI is InChI=1S/C7H15N3O.ClH/c1-2-4(8)7(11)10-6-3-5(6)9;/h4-6H,2-3,8-9H2,1H3,(H,10,11);1H. The zero-order valence-corrected chi connectivity index (χ0v) is 7.93. The quantitative estimate of drug-likeness (QED) is 0.558. The number of rotatable bonds is 3. The second kappa shape index (κ2) is 4.64. The van der Waals surface area contributed by atoms with E-state index in [1.54, 1.807) is 0 Å². The number of carbonyl (C=O) groups is 1. The fourth-order valence-corrected chi connectivity index (χ4v) is 0.856. The number of carbonyl (C=O) groups excluding carboxylic acids is 1. The first kappa shape index (κ1) is 11.7. The molecule has 1 rings (SSSR count). The van der Waals surface area contributed by atoms with Crippen LogP contribution >= 0.6 is 12.4 Å². The van der Waals surface area contributed by atoms with E-state index >= 15 is 0 Å². The van der Waals surface area contributed by atoms with Gasteiger partial charge in [0, 0.05) is 12.1 Å². The molecule has 0 radical (unpaired) electrons. The highest BCUT2D eigenvalue weighted by Gasteiger charge is 2.35. The van der Waals surface area contributed by atoms with E-state index in [1.165, 1.54) is 0 Å². The summed E-state index contributed by atoms with van der Waals surface area (Å²) in [4.78, 5) is 11.1. The van der Waals surface area contributed by atoms with Crippen molar-refractivity contribution in [2.24, 2.45) is 11.5 Å². The van der Waals surface area contributed by atoms with Gasteiger partial charge >= 0.3 is 0 Å². The molecule has 4 nitrogen and oxygen atoms in total. The van der Waals surface area contributed by atoms with E-state index in [-0.39, 0.29) is 36.4 Å². The molecule has 0 heterocycles. The van der Waals surface area contributed by atoms with Crippen molar-refractivity contribution in [3.05, 3.63) is 0 Å². The Hall–Kier alpha value is -0.320. The summed E-state index contributed by atoms with van der Waals surface area (Å²) in [5, 5.41) is 2.77. The summed E-state index contributed by atoms with van der Waals surface area (Å²) in [5.41, 5.74) is 11.0. The highest BCUT2D eigenvalue weighted by atomic mass is 35.5. The molecule has 0 aliphatic heterocycles. The van der Waals surface area contributed by atoms with Crippen molar-refractivity contribution >= 4 is 18.3 Å². The van der Waals surface area contributed by atoms with Crippen LogP contribution in [-0.4, -0.2) is 24.0 Å². The Kier molecular flexibility index (Phi) is 4.52. The predicted octanol–water partition coefficient (Wildman–Crippen LogP) is -0.639. The molecule has 0 aromatic heterocycles. The van der Waals surface area contributed by atoms with Crippen LogP contribution < -0.4 is 16.8 Å². The molecule has 1 aliphatic carbocycles. The van der Waals surface area contributed by atoms with Crippen molar-refractivity contribution in [1.29, 1.82) is 0 Å². The first-order chi connectivity index (χ1) is 5.15. The highest BCUT2D eigenvalue weighted by molar-refractivity contribution is 5.85. The Morgan fingerprint density at radius 1 is 1.75 bits per heavy atom. The molecule has 1 aliphatic rings. The second-order valence-electron chi connectivity index (χ2n) is 3.03. The molecule has 0 spiro atoms. The van der Waals surface area contributed by atoms with Crippen LogP contribution in [0.5, 0.6) is 0 Å². The SMILES string of the molecule is CCC(N)C(=O)NC1CC1N.Cl. The third kappa shape index (κ3) is 2.97. The average molecular weight is 194 g/mol. The van der Waals surface area contributed by atoms with Gasteiger partial charge in [0.15, 0.2) is 0 Å². The van der Waals surface area contributed by atoms with E-state index in [4.69, 9.17) is 11.5 Å². The topological polar surface area (TPSA) is 81.1 Å². The molecule has 1 fully saturated rings. The zero-order valence-electron chi connectivity index (χ0n) is 7.12. The van der Waals surface area contributed by atoms with Gasteiger partial charge in [-0.25, -0.2) is 0 Å². The van der Waals surface area contributed by atoms with Gasteiger partial charge in [-0.3, -0.25) is 4.79 Å². The fourth-order valence-electron chi connectivity index (χ4n) is 0.856. The average Bonchev–Trinajstić information content (AvgIpc) is 2.65. The lowest BCUT2D eigenvalue weighted by Crippen LogP contribution is -2.42. The molecule has 3 atom stereocenters. The summed E-state index contributed by atoms with van der Waals surface area (Å²) in [6.07, 6.45) is 1.57. The molecular weight excluding hydrogens is 178 g/mol. The van der Waals surface area contributed by atoms with Crippen LogP contribution in [0.2, 0.25) is 0 Å². The minimum absolute atomic E-state index is 0. The molecule has 1 saturated carbocycles. The van der Waals surface area contributed by atoms with Gasteiger partial charge < -0.3 is 16.8 Å². The van der Waals surface area contributed by atoms with Crippen LogP contribution in [0, 0.1) is 0 Å². The van der Waals surface area contributed by atoms with Gasteiger partial charge in [0.1, 0.15) is 0 Å². The van der Waals surface area contributed by atoms with Gasteiger partial charge in [0.2, 0.25) is 5.91 Å². The van der Waals surface area contributed by atoms with Gasteiger partial charge in [-0.15, -0.1) is 12.4 Å². The molecule has 0 saturated heterocycles. The van der Waals surface area contributed by atoms with Gasteiger partial charge in [-0.1, -0.05) is 6.92 Å². The van der Waals surface area contributed by atoms with E-state index in [9.17, 15) is 4.79 Å². The Bertz CT molecular complexity index is 165. The van der Waals surface area contributed by atoms with Crippen molar-refractivity contribution in [3.63, 3.8) is 0 Å². The third-order valence-electron chi connectivity index (χ3n) is 1.94. The summed E-state index contributed by atoms with van der Waals surface area (Å²) >= 11 is 0. The van der Waals surface area contributed by atoms with Crippen molar-refractivity contribution in [3.8, 4) is 0 Å². The normalized spacial score (nSPS) is 28.6. The van der Waals surface area contributed by atoms with E-state index in [2.05, 4.69) is 5.32 Å². The van der Waals surface area contributed by atoms with Crippen LogP contribution in [0.15, 0.2) is 0 Å². The van der Waals surface area contributed by atoms with Crippen molar-refractivity contribution in [1.82, 2.24) is 5.32 Å². The van der Waals surface area contributed by atoms with Gasteiger partial charge in [0.25, 0.3) is 0 Å². The number of hydrogen-bond donors (Lipinski definition) is 3. The maximum Gasteiger partial charge on any atom is 0.237 e. The van der Waals surface area contributed by atoms with E-state index in [0.717, 1.165) is 6.42 Å². The summed E-state index contributed by atoms with van der Waals surface area (Å²) in [5.74, 6) is -0.0783. The number of hydrogen-bond acceptors (Lipinski definition) is 3. The van der Waals surface area contributed by atoms with Crippen molar-refractivity contribution in [2.45, 2.75) is 37.9 Å². The van der Waals surface area contributed by atoms with E-state index in [0.29, 0.717) is 6.42 Å². The monoisotopic (exact) mass is 193 g/mol. The summed E-state index contributed by atoms with van der Waals surface area (Å²) in [6, 6.07) is -0.0362. The number of nitrogens with one attached hydrogen (secondary N) is 1. The molecule has 3 unspecified atom stereocenters. The minimum atomic E-state index is -0.372. The Labute approximate surface area is 78.5 Å². The Morgan fingerprint density at radius 2 is 2.25 bits per heavy atom. The first-order valence-electron chi connectivity index (χ1n) is 3.96. The lowest BCUT2D eigenvalue weighted by molar-refractivity contribution is -0.122. The van der Waals surface area contributed by atoms with E-state index in [1.807, 2.05) is 6.92 Å². The van der Waals surface area contributed by atoms with Gasteiger partial charge in [-0.05, 0) is 12.8 Å². The molecule has 1 amide bonds. The number of amides is 1. The lowest BCUT2D eigenvalue weighted by atomic mass is 10.2. The largest absolute Gasteiger partial charge is 0.350 e. The molecule has 12 heavy (non-hydrogen) atoms. The van der Waals surface area contributed by atoms with Crippen LogP contribution in [0.1, 0.15) is 19.8 Å². The fraction of sp³-hybridized carbons (Fsp3) is 0.857. The summed E-state index contributed by atoms with van der Waals surface area (Å²) in [7, 11) is 0. The Balaban J connectivity index is 0.00000121. The zero-order chi connectivity index (χ0) is 8.43. The first-order valence-corrected chi connectivity index (χ1v) is 3.96. The molecule has 5 heteroatoms. The van der Waals surface area contributed by atoms with Crippen molar-refractivity contribution in [2.75, 3.05) is 0 Å². The maximum atomic E-state index is 11.1. The minimum Gasteiger partial charge on any atom is -0.350 e. The molecule has 72 valence electrons. The van der Waals surface area contributed by atoms with Gasteiger partial charge in [0.05, 0.1) is 6.04 Å². The van der Waals surface area contributed by atoms with Crippen molar-refractivity contribution < 1.29 is 4.79 Å². The molecule has 0 aromatic rings. The summed E-state index contributed by atoms with van der Waals surface area (Å²) < 4.78 is 0. The highest BCUT2D eigenvalue weighted by Crippen LogP contribution is 2.17. The molecule has 5 N–H and O–H groups in total. The van der Waals surface area contributed by atoms with Crippen LogP contribution in [-0.2, 0) is 4.79 Å². The molecular formula is C7H16ClN3O. The van der Waals surface area contributed by atoms with Crippen LogP contribution in [0.4, 0.5) is 0 Å².